The van der Waals surface area contributed by atoms with Crippen molar-refractivity contribution >= 4 is 34.3 Å². The molecular weight excluding hydrogens is 372 g/mol. The summed E-state index contributed by atoms with van der Waals surface area (Å²) in [7, 11) is 0. The summed E-state index contributed by atoms with van der Waals surface area (Å²) in [5.41, 5.74) is 0.608. The van der Waals surface area contributed by atoms with Gasteiger partial charge < -0.3 is 10.1 Å². The quantitative estimate of drug-likeness (QED) is 0.373. The molecule has 0 fully saturated rings. The van der Waals surface area contributed by atoms with E-state index < -0.39 is 0 Å². The molecule has 1 N–H and O–H groups in total. The third-order valence-electron chi connectivity index (χ3n) is 2.28. The van der Waals surface area contributed by atoms with Gasteiger partial charge in [0.25, 0.3) is 0 Å². The Hall–Kier alpha value is -2.14. The summed E-state index contributed by atoms with van der Waals surface area (Å²) in [6, 6.07) is 13.2. The van der Waals surface area contributed by atoms with E-state index in [-0.39, 0.29) is 11.8 Å². The van der Waals surface area contributed by atoms with Gasteiger partial charge in [0.15, 0.2) is 0 Å². The van der Waals surface area contributed by atoms with E-state index in [1.807, 2.05) is 28.7 Å². The van der Waals surface area contributed by atoms with Crippen LogP contribution in [0.3, 0.4) is 0 Å². The van der Waals surface area contributed by atoms with Crippen molar-refractivity contribution in [1.29, 1.82) is 5.26 Å². The summed E-state index contributed by atoms with van der Waals surface area (Å²) >= 11 is 1.98. The van der Waals surface area contributed by atoms with Crippen molar-refractivity contribution in [2.45, 2.75) is 0 Å². The molecule has 2 aromatic rings. The highest BCUT2D eigenvalue weighted by molar-refractivity contribution is 14.1. The summed E-state index contributed by atoms with van der Waals surface area (Å²) in [5.74, 6) is 0.216. The Morgan fingerprint density at radius 1 is 1.25 bits per heavy atom. The number of ether oxygens (including phenoxy) is 1. The molecule has 0 unspecified atom stereocenters. The first-order valence-corrected chi connectivity index (χ1v) is 6.68. The molecule has 100 valence electrons. The Kier molecular flexibility index (Phi) is 4.90. The van der Waals surface area contributed by atoms with Crippen LogP contribution in [0.25, 0.3) is 0 Å². The molecule has 0 saturated heterocycles. The second-order valence-electron chi connectivity index (χ2n) is 3.68. The van der Waals surface area contributed by atoms with Crippen LogP contribution in [0.5, 0.6) is 5.75 Å². The van der Waals surface area contributed by atoms with E-state index in [0.717, 1.165) is 0 Å². The van der Waals surface area contributed by atoms with Gasteiger partial charge in [-0.2, -0.15) is 5.26 Å². The van der Waals surface area contributed by atoms with Gasteiger partial charge in [-0.15, -0.1) is 4.99 Å². The highest BCUT2D eigenvalue weighted by atomic mass is 127. The molecule has 0 radical (unpaired) electrons. The lowest BCUT2D eigenvalue weighted by Crippen LogP contribution is -2.19. The van der Waals surface area contributed by atoms with Crippen LogP contribution in [0, 0.1) is 20.8 Å². The van der Waals surface area contributed by atoms with Crippen LogP contribution < -0.4 is 10.1 Å². The number of benzene rings is 2. The van der Waals surface area contributed by atoms with Gasteiger partial charge in [0.05, 0.1) is 5.69 Å². The lowest BCUT2D eigenvalue weighted by molar-refractivity contribution is 0.549. The number of hydrogen-bond acceptors (Lipinski definition) is 3. The number of nitrogens with one attached hydrogen (secondary N) is 1. The number of amidine groups is 1. The van der Waals surface area contributed by atoms with Gasteiger partial charge in [-0.05, 0) is 52.9 Å². The van der Waals surface area contributed by atoms with Crippen molar-refractivity contribution in [1.82, 2.24) is 0 Å². The first-order chi connectivity index (χ1) is 9.69. The van der Waals surface area contributed by atoms with Gasteiger partial charge in [-0.3, -0.25) is 0 Å². The van der Waals surface area contributed by atoms with E-state index in [0.29, 0.717) is 15.0 Å². The lowest BCUT2D eigenvalue weighted by Gasteiger charge is -2.11. The Morgan fingerprint density at radius 3 is 2.65 bits per heavy atom. The highest BCUT2D eigenvalue weighted by Gasteiger charge is 2.07. The standard InChI is InChI=1S/C14H9FIN3O/c15-10-6-7-13(12(16)8-10)19-14(18-9-17)20-11-4-2-1-3-5-11/h1-8H,(H,18,19). The van der Waals surface area contributed by atoms with Crippen molar-refractivity contribution in [2.24, 2.45) is 4.99 Å². The highest BCUT2D eigenvalue weighted by Crippen LogP contribution is 2.19. The minimum atomic E-state index is -0.331. The van der Waals surface area contributed by atoms with Crippen LogP contribution in [-0.2, 0) is 0 Å². The van der Waals surface area contributed by atoms with Gasteiger partial charge in [0.1, 0.15) is 11.6 Å². The van der Waals surface area contributed by atoms with Crippen LogP contribution in [0.1, 0.15) is 0 Å². The van der Waals surface area contributed by atoms with Gasteiger partial charge in [-0.25, -0.2) is 4.39 Å². The first-order valence-electron chi connectivity index (χ1n) is 5.61. The van der Waals surface area contributed by atoms with E-state index in [1.54, 1.807) is 36.5 Å². The number of aliphatic imine (C=N–C) groups is 1. The molecule has 0 amide bonds. The summed E-state index contributed by atoms with van der Waals surface area (Å²) in [5, 5.41) is 11.5. The zero-order valence-corrected chi connectivity index (χ0v) is 12.3. The molecule has 4 nitrogen and oxygen atoms in total. The zero-order chi connectivity index (χ0) is 14.4. The molecule has 0 atom stereocenters. The number of rotatable bonds is 2. The molecule has 20 heavy (non-hydrogen) atoms. The Morgan fingerprint density at radius 2 is 2.00 bits per heavy atom. The monoisotopic (exact) mass is 381 g/mol. The van der Waals surface area contributed by atoms with Gasteiger partial charge in [-0.1, -0.05) is 18.2 Å². The van der Waals surface area contributed by atoms with Crippen LogP contribution in [-0.4, -0.2) is 6.02 Å². The van der Waals surface area contributed by atoms with Crippen molar-refractivity contribution in [3.63, 3.8) is 0 Å². The molecule has 0 aliphatic carbocycles. The molecule has 2 rings (SSSR count). The summed E-state index contributed by atoms with van der Waals surface area (Å²) in [4.78, 5) is 3.57. The van der Waals surface area contributed by atoms with Gasteiger partial charge in [0, 0.05) is 3.57 Å². The average molecular weight is 381 g/mol. The minimum Gasteiger partial charge on any atom is -0.425 e. The lowest BCUT2D eigenvalue weighted by atomic mass is 10.3. The maximum atomic E-state index is 13.0. The van der Waals surface area contributed by atoms with Crippen LogP contribution in [0.4, 0.5) is 10.1 Å². The predicted octanol–water partition coefficient (Wildman–Crippen LogP) is 3.76. The van der Waals surface area contributed by atoms with Crippen molar-refractivity contribution in [3.05, 3.63) is 57.9 Å². The number of halogens is 2. The maximum absolute atomic E-state index is 13.0. The molecule has 0 saturated carbocycles. The second-order valence-corrected chi connectivity index (χ2v) is 4.84. The fourth-order valence-electron chi connectivity index (χ4n) is 1.43. The summed E-state index contributed by atoms with van der Waals surface area (Å²) in [6.07, 6.45) is 1.66. The molecule has 6 heteroatoms. The minimum absolute atomic E-state index is 0.0308. The SMILES string of the molecule is N#C/N=C(\Nc1ccc(F)cc1I)Oc1ccccc1. The number of anilines is 1. The molecule has 0 spiro atoms. The summed E-state index contributed by atoms with van der Waals surface area (Å²) < 4.78 is 19.2. The molecular formula is C14H9FIN3O. The first kappa shape index (κ1) is 14.3. The molecule has 0 bridgehead atoms. The van der Waals surface area contributed by atoms with Gasteiger partial charge >= 0.3 is 6.02 Å². The number of nitrogens with zero attached hydrogens (tertiary/aromatic N) is 2. The number of nitriles is 1. The van der Waals surface area contributed by atoms with E-state index in [1.165, 1.54) is 12.1 Å². The van der Waals surface area contributed by atoms with E-state index in [4.69, 9.17) is 10.00 Å². The fourth-order valence-corrected chi connectivity index (χ4v) is 2.04. The van der Waals surface area contributed by atoms with Crippen molar-refractivity contribution < 1.29 is 9.13 Å². The Balaban J connectivity index is 2.18. The molecule has 0 aromatic heterocycles. The molecule has 0 aliphatic rings. The normalized spacial score (nSPS) is 10.8. The maximum Gasteiger partial charge on any atom is 0.310 e. The predicted molar refractivity (Wildman–Crippen MR) is 82.9 cm³/mol. The second kappa shape index (κ2) is 6.86. The molecule has 2 aromatic carbocycles. The van der Waals surface area contributed by atoms with E-state index in [9.17, 15) is 4.39 Å². The largest absolute Gasteiger partial charge is 0.425 e. The fraction of sp³-hybridized carbons (Fsp3) is 0. The van der Waals surface area contributed by atoms with E-state index in [2.05, 4.69) is 10.3 Å². The molecule has 0 aliphatic heterocycles. The van der Waals surface area contributed by atoms with Crippen LogP contribution in [0.2, 0.25) is 0 Å². The third-order valence-corrected chi connectivity index (χ3v) is 3.17. The number of hydrogen-bond donors (Lipinski definition) is 1. The Labute approximate surface area is 129 Å². The zero-order valence-electron chi connectivity index (χ0n) is 10.2. The van der Waals surface area contributed by atoms with E-state index >= 15 is 0 Å². The number of para-hydroxylation sites is 1. The average Bonchev–Trinajstić information content (AvgIpc) is 2.43. The smallest absolute Gasteiger partial charge is 0.310 e. The van der Waals surface area contributed by atoms with Crippen molar-refractivity contribution in [3.8, 4) is 11.9 Å². The Bertz CT molecular complexity index is 668. The van der Waals surface area contributed by atoms with Crippen LogP contribution in [0.15, 0.2) is 53.5 Å². The molecule has 0 heterocycles. The summed E-state index contributed by atoms with van der Waals surface area (Å²) in [6.45, 7) is 0. The topological polar surface area (TPSA) is 57.4 Å². The van der Waals surface area contributed by atoms with Crippen LogP contribution >= 0.6 is 22.6 Å². The van der Waals surface area contributed by atoms with Gasteiger partial charge in [0.2, 0.25) is 6.19 Å². The third kappa shape index (κ3) is 3.93. The van der Waals surface area contributed by atoms with Crippen molar-refractivity contribution in [2.75, 3.05) is 5.32 Å².